The second-order valence-electron chi connectivity index (χ2n) is 2.93. The number of hydrogen-bond acceptors (Lipinski definition) is 2. The molecule has 1 aromatic rings. The van der Waals surface area contributed by atoms with E-state index in [0.29, 0.717) is 4.47 Å². The lowest BCUT2D eigenvalue weighted by atomic mass is 10.2. The van der Waals surface area contributed by atoms with Crippen LogP contribution in [0, 0.1) is 5.82 Å². The summed E-state index contributed by atoms with van der Waals surface area (Å²) >= 11 is 3.10. The molecule has 0 saturated heterocycles. The van der Waals surface area contributed by atoms with Gasteiger partial charge in [0.1, 0.15) is 0 Å². The van der Waals surface area contributed by atoms with E-state index in [1.807, 2.05) is 0 Å². The summed E-state index contributed by atoms with van der Waals surface area (Å²) in [6, 6.07) is 4.21. The lowest BCUT2D eigenvalue weighted by molar-refractivity contribution is -0.145. The number of hydrogen-bond donors (Lipinski definition) is 1. The van der Waals surface area contributed by atoms with Crippen LogP contribution >= 0.6 is 15.9 Å². The van der Waals surface area contributed by atoms with Crippen molar-refractivity contribution in [2.24, 2.45) is 0 Å². The minimum absolute atomic E-state index is 0.0487. The van der Waals surface area contributed by atoms with Crippen LogP contribution in [0.25, 0.3) is 0 Å². The van der Waals surface area contributed by atoms with Crippen molar-refractivity contribution in [3.05, 3.63) is 28.5 Å². The molecule has 1 N–H and O–H groups in total. The molecule has 82 valence electrons. The average Bonchev–Trinajstić information content (AvgIpc) is 2.16. The fourth-order valence-electron chi connectivity index (χ4n) is 1.03. The zero-order valence-corrected chi connectivity index (χ0v) is 9.62. The van der Waals surface area contributed by atoms with Crippen LogP contribution in [0.1, 0.15) is 13.3 Å². The molecule has 0 spiro atoms. The molecule has 0 heterocycles. The third-order valence-corrected chi connectivity index (χ3v) is 2.30. The van der Waals surface area contributed by atoms with E-state index in [1.165, 1.54) is 12.1 Å². The van der Waals surface area contributed by atoms with Gasteiger partial charge in [-0.1, -0.05) is 22.9 Å². The molecule has 0 fully saturated rings. The molecule has 0 radical (unpaired) electrons. The van der Waals surface area contributed by atoms with Crippen LogP contribution in [0.2, 0.25) is 0 Å². The van der Waals surface area contributed by atoms with E-state index in [1.54, 1.807) is 13.0 Å². The van der Waals surface area contributed by atoms with E-state index >= 15 is 0 Å². The van der Waals surface area contributed by atoms with Gasteiger partial charge in [0.2, 0.25) is 0 Å². The Morgan fingerprint density at radius 2 is 2.33 bits per heavy atom. The zero-order valence-electron chi connectivity index (χ0n) is 8.04. The Morgan fingerprint density at radius 1 is 1.67 bits per heavy atom. The Balaban J connectivity index is 2.84. The van der Waals surface area contributed by atoms with Gasteiger partial charge in [0.25, 0.3) is 0 Å². The third-order valence-electron chi connectivity index (χ3n) is 1.81. The second kappa shape index (κ2) is 5.11. The van der Waals surface area contributed by atoms with Gasteiger partial charge in [-0.3, -0.25) is 0 Å². The molecule has 0 aliphatic rings. The Kier molecular flexibility index (Phi) is 4.08. The Morgan fingerprint density at radius 3 is 2.80 bits per heavy atom. The molecule has 1 atom stereocenters. The summed E-state index contributed by atoms with van der Waals surface area (Å²) in [6.45, 7) is 1.66. The third kappa shape index (κ3) is 3.20. The van der Waals surface area contributed by atoms with Gasteiger partial charge in [0.15, 0.2) is 17.7 Å². The molecule has 1 rings (SSSR count). The zero-order chi connectivity index (χ0) is 11.4. The molecular weight excluding hydrogens is 267 g/mol. The van der Waals surface area contributed by atoms with Crippen LogP contribution in [-0.4, -0.2) is 17.2 Å². The van der Waals surface area contributed by atoms with E-state index in [2.05, 4.69) is 15.9 Å². The fraction of sp³-hybridized carbons (Fsp3) is 0.300. The number of ether oxygens (including phenoxy) is 1. The molecule has 1 aromatic carbocycles. The molecule has 0 aliphatic heterocycles. The minimum atomic E-state index is -1.10. The number of benzene rings is 1. The number of aliphatic carboxylic acids is 1. The largest absolute Gasteiger partial charge is 0.479 e. The molecule has 5 heteroatoms. The number of halogens is 2. The van der Waals surface area contributed by atoms with Crippen LogP contribution < -0.4 is 4.74 Å². The van der Waals surface area contributed by atoms with Gasteiger partial charge in [0.05, 0.1) is 0 Å². The van der Waals surface area contributed by atoms with E-state index in [4.69, 9.17) is 9.84 Å². The number of carboxylic acid groups (broad SMARTS) is 1. The van der Waals surface area contributed by atoms with Crippen molar-refractivity contribution in [3.63, 3.8) is 0 Å². The molecule has 1 unspecified atom stereocenters. The maximum absolute atomic E-state index is 13.3. The van der Waals surface area contributed by atoms with Gasteiger partial charge in [-0.25, -0.2) is 9.18 Å². The van der Waals surface area contributed by atoms with Crippen LogP contribution in [0.15, 0.2) is 22.7 Å². The molecule has 0 aliphatic carbocycles. The molecular formula is C10H10BrFO3. The summed E-state index contributed by atoms with van der Waals surface area (Å²) < 4.78 is 18.9. The normalized spacial score (nSPS) is 12.2. The summed E-state index contributed by atoms with van der Waals surface area (Å²) in [5, 5.41) is 8.72. The van der Waals surface area contributed by atoms with Crippen molar-refractivity contribution in [3.8, 4) is 5.75 Å². The van der Waals surface area contributed by atoms with E-state index in [9.17, 15) is 9.18 Å². The maximum Gasteiger partial charge on any atom is 0.344 e. The number of carbonyl (C=O) groups is 1. The lowest BCUT2D eigenvalue weighted by Crippen LogP contribution is -2.26. The molecule has 15 heavy (non-hydrogen) atoms. The summed E-state index contributed by atoms with van der Waals surface area (Å²) in [6.07, 6.45) is -0.731. The molecule has 3 nitrogen and oxygen atoms in total. The standard InChI is InChI=1S/C10H10BrFO3/c1-2-8(10(13)14)15-9-4-3-6(11)5-7(9)12/h3-5,8H,2H2,1H3,(H,13,14). The molecule has 0 aromatic heterocycles. The number of rotatable bonds is 4. The first-order valence-corrected chi connectivity index (χ1v) is 5.18. The smallest absolute Gasteiger partial charge is 0.344 e. The van der Waals surface area contributed by atoms with Gasteiger partial charge in [-0.15, -0.1) is 0 Å². The van der Waals surface area contributed by atoms with Gasteiger partial charge in [-0.2, -0.15) is 0 Å². The summed E-state index contributed by atoms with van der Waals surface area (Å²) in [4.78, 5) is 10.7. The first-order valence-electron chi connectivity index (χ1n) is 4.39. The van der Waals surface area contributed by atoms with Crippen LogP contribution in [0.4, 0.5) is 4.39 Å². The van der Waals surface area contributed by atoms with Gasteiger partial charge < -0.3 is 9.84 Å². The second-order valence-corrected chi connectivity index (χ2v) is 3.84. The van der Waals surface area contributed by atoms with E-state index in [-0.39, 0.29) is 12.2 Å². The van der Waals surface area contributed by atoms with E-state index in [0.717, 1.165) is 0 Å². The van der Waals surface area contributed by atoms with Crippen LogP contribution in [-0.2, 0) is 4.79 Å². The van der Waals surface area contributed by atoms with Crippen LogP contribution in [0.5, 0.6) is 5.75 Å². The Hall–Kier alpha value is -1.10. The predicted octanol–water partition coefficient (Wildman–Crippen LogP) is 2.83. The number of carboxylic acids is 1. The Labute approximate surface area is 95.0 Å². The summed E-state index contributed by atoms with van der Waals surface area (Å²) in [5.41, 5.74) is 0. The van der Waals surface area contributed by atoms with Gasteiger partial charge >= 0.3 is 5.97 Å². The fourth-order valence-corrected chi connectivity index (χ4v) is 1.37. The van der Waals surface area contributed by atoms with Crippen LogP contribution in [0.3, 0.4) is 0 Å². The van der Waals surface area contributed by atoms with Crippen molar-refractivity contribution < 1.29 is 19.0 Å². The molecule has 0 bridgehead atoms. The van der Waals surface area contributed by atoms with Crippen molar-refractivity contribution in [1.82, 2.24) is 0 Å². The quantitative estimate of drug-likeness (QED) is 0.920. The summed E-state index contributed by atoms with van der Waals surface area (Å²) in [7, 11) is 0. The average molecular weight is 277 g/mol. The lowest BCUT2D eigenvalue weighted by Gasteiger charge is -2.13. The predicted molar refractivity (Wildman–Crippen MR) is 56.4 cm³/mol. The van der Waals surface area contributed by atoms with E-state index < -0.39 is 17.9 Å². The molecule has 0 saturated carbocycles. The maximum atomic E-state index is 13.3. The highest BCUT2D eigenvalue weighted by atomic mass is 79.9. The van der Waals surface area contributed by atoms with Crippen molar-refractivity contribution in [2.75, 3.05) is 0 Å². The monoisotopic (exact) mass is 276 g/mol. The van der Waals surface area contributed by atoms with Crippen molar-refractivity contribution >= 4 is 21.9 Å². The van der Waals surface area contributed by atoms with Gasteiger partial charge in [-0.05, 0) is 24.6 Å². The SMILES string of the molecule is CCC(Oc1ccc(Br)cc1F)C(=O)O. The van der Waals surface area contributed by atoms with Crippen molar-refractivity contribution in [1.29, 1.82) is 0 Å². The first-order chi connectivity index (χ1) is 7.04. The summed E-state index contributed by atoms with van der Waals surface area (Å²) in [5.74, 6) is -1.73. The molecule has 0 amide bonds. The highest BCUT2D eigenvalue weighted by Crippen LogP contribution is 2.22. The highest BCUT2D eigenvalue weighted by molar-refractivity contribution is 9.10. The van der Waals surface area contributed by atoms with Crippen molar-refractivity contribution in [2.45, 2.75) is 19.4 Å². The Bertz CT molecular complexity index is 368. The topological polar surface area (TPSA) is 46.5 Å². The minimum Gasteiger partial charge on any atom is -0.479 e. The highest BCUT2D eigenvalue weighted by Gasteiger charge is 2.18. The van der Waals surface area contributed by atoms with Gasteiger partial charge in [0, 0.05) is 4.47 Å². The first kappa shape index (κ1) is 12.0.